The SMILES string of the molecule is CC(C)(C)NC(=O)C(=O)[C@H](C[C@@H]1CCCNC1=O)NC(=O)[C@H](Cc1ccccc1)NC(=O)c1ccc2c(c1)OCO2. The molecule has 0 bridgehead atoms. The van der Waals surface area contributed by atoms with E-state index in [-0.39, 0.29) is 31.1 Å². The lowest BCUT2D eigenvalue weighted by Crippen LogP contribution is -2.57. The fraction of sp³-hybridized carbons (Fsp3) is 0.433. The van der Waals surface area contributed by atoms with Crippen LogP contribution in [0.25, 0.3) is 0 Å². The number of nitrogens with one attached hydrogen (secondary N) is 4. The standard InChI is InChI=1S/C30H36N4O7/c1-30(2,3)34-29(39)25(35)21(15-19-10-7-13-31-26(19)36)32-28(38)22(14-18-8-5-4-6-9-18)33-27(37)20-11-12-23-24(16-20)41-17-40-23/h4-6,8-9,11-12,16,19,21-22H,7,10,13-15,17H2,1-3H3,(H,31,36)(H,32,38)(H,33,37)(H,34,39)/t19-,21-,22-/m0/s1. The maximum Gasteiger partial charge on any atom is 0.290 e. The Balaban J connectivity index is 1.56. The zero-order valence-corrected chi connectivity index (χ0v) is 23.5. The van der Waals surface area contributed by atoms with Crippen LogP contribution in [0.2, 0.25) is 0 Å². The third kappa shape index (κ3) is 8.06. The van der Waals surface area contributed by atoms with Gasteiger partial charge in [-0.05, 0) is 63.8 Å². The second kappa shape index (κ2) is 12.8. The molecule has 0 aliphatic carbocycles. The molecule has 4 N–H and O–H groups in total. The highest BCUT2D eigenvalue weighted by atomic mass is 16.7. The number of carbonyl (C=O) groups is 5. The summed E-state index contributed by atoms with van der Waals surface area (Å²) in [5.74, 6) is -2.73. The molecule has 0 aromatic heterocycles. The Bertz CT molecular complexity index is 1310. The van der Waals surface area contributed by atoms with Crippen LogP contribution in [0, 0.1) is 5.92 Å². The summed E-state index contributed by atoms with van der Waals surface area (Å²) >= 11 is 0. The molecule has 2 aliphatic rings. The lowest BCUT2D eigenvalue weighted by molar-refractivity contribution is -0.142. The molecular weight excluding hydrogens is 528 g/mol. The minimum atomic E-state index is -1.26. The van der Waals surface area contributed by atoms with Gasteiger partial charge < -0.3 is 30.7 Å². The fourth-order valence-electron chi connectivity index (χ4n) is 4.75. The molecule has 0 radical (unpaired) electrons. The highest BCUT2D eigenvalue weighted by Crippen LogP contribution is 2.32. The minimum absolute atomic E-state index is 0.0395. The van der Waals surface area contributed by atoms with Gasteiger partial charge in [-0.3, -0.25) is 24.0 Å². The molecule has 1 fully saturated rings. The number of carbonyl (C=O) groups excluding carboxylic acids is 5. The number of fused-ring (bicyclic) bond motifs is 1. The van der Waals surface area contributed by atoms with E-state index in [9.17, 15) is 24.0 Å². The van der Waals surface area contributed by atoms with Gasteiger partial charge in [0, 0.05) is 30.0 Å². The van der Waals surface area contributed by atoms with Crippen LogP contribution < -0.4 is 30.7 Å². The van der Waals surface area contributed by atoms with E-state index in [0.29, 0.717) is 24.5 Å². The Hall–Kier alpha value is -4.41. The van der Waals surface area contributed by atoms with Crippen molar-refractivity contribution in [2.24, 2.45) is 5.92 Å². The van der Waals surface area contributed by atoms with Gasteiger partial charge in [0.15, 0.2) is 11.5 Å². The van der Waals surface area contributed by atoms with Gasteiger partial charge in [0.05, 0.1) is 6.04 Å². The summed E-state index contributed by atoms with van der Waals surface area (Å²) in [6.45, 7) is 5.80. The fourth-order valence-corrected chi connectivity index (χ4v) is 4.75. The van der Waals surface area contributed by atoms with Crippen LogP contribution >= 0.6 is 0 Å². The van der Waals surface area contributed by atoms with Crippen molar-refractivity contribution < 1.29 is 33.4 Å². The Labute approximate surface area is 238 Å². The average molecular weight is 565 g/mol. The number of amides is 4. The van der Waals surface area contributed by atoms with Crippen LogP contribution in [0.15, 0.2) is 48.5 Å². The van der Waals surface area contributed by atoms with Crippen molar-refractivity contribution in [1.29, 1.82) is 0 Å². The van der Waals surface area contributed by atoms with Crippen LogP contribution in [0.1, 0.15) is 56.0 Å². The van der Waals surface area contributed by atoms with Gasteiger partial charge in [0.25, 0.3) is 11.8 Å². The van der Waals surface area contributed by atoms with Crippen molar-refractivity contribution in [1.82, 2.24) is 21.3 Å². The normalized spacial score (nSPS) is 17.5. The number of ketones is 1. The van der Waals surface area contributed by atoms with E-state index >= 15 is 0 Å². The molecule has 4 rings (SSSR count). The van der Waals surface area contributed by atoms with Gasteiger partial charge in [-0.15, -0.1) is 0 Å². The van der Waals surface area contributed by atoms with Crippen LogP contribution in [-0.2, 0) is 25.6 Å². The third-order valence-electron chi connectivity index (χ3n) is 6.80. The maximum atomic E-state index is 13.7. The Kier molecular flexibility index (Phi) is 9.26. The average Bonchev–Trinajstić information content (AvgIpc) is 3.40. The first-order chi connectivity index (χ1) is 19.5. The van der Waals surface area contributed by atoms with E-state index < -0.39 is 47.0 Å². The maximum absolute atomic E-state index is 13.7. The van der Waals surface area contributed by atoms with Gasteiger partial charge >= 0.3 is 0 Å². The van der Waals surface area contributed by atoms with Crippen LogP contribution in [0.5, 0.6) is 11.5 Å². The predicted molar refractivity (Wildman–Crippen MR) is 149 cm³/mol. The van der Waals surface area contributed by atoms with Gasteiger partial charge in [0.2, 0.25) is 24.4 Å². The molecule has 2 aromatic carbocycles. The number of hydrogen-bond donors (Lipinski definition) is 4. The highest BCUT2D eigenvalue weighted by Gasteiger charge is 2.36. The second-order valence-corrected chi connectivity index (χ2v) is 11.3. The minimum Gasteiger partial charge on any atom is -0.454 e. The lowest BCUT2D eigenvalue weighted by atomic mass is 9.89. The van der Waals surface area contributed by atoms with Crippen LogP contribution in [-0.4, -0.2) is 60.4 Å². The molecule has 11 nitrogen and oxygen atoms in total. The number of Topliss-reactive ketones (excluding diaryl/α,β-unsaturated/α-hetero) is 1. The number of hydrogen-bond acceptors (Lipinski definition) is 7. The molecule has 0 saturated carbocycles. The third-order valence-corrected chi connectivity index (χ3v) is 6.80. The van der Waals surface area contributed by atoms with Gasteiger partial charge in [-0.25, -0.2) is 0 Å². The number of benzene rings is 2. The van der Waals surface area contributed by atoms with Crippen molar-refractivity contribution >= 4 is 29.4 Å². The van der Waals surface area contributed by atoms with E-state index in [2.05, 4.69) is 21.3 Å². The van der Waals surface area contributed by atoms with Gasteiger partial charge in [-0.2, -0.15) is 0 Å². The predicted octanol–water partition coefficient (Wildman–Crippen LogP) is 1.64. The monoisotopic (exact) mass is 564 g/mol. The smallest absolute Gasteiger partial charge is 0.290 e. The van der Waals surface area contributed by atoms with E-state index in [1.165, 1.54) is 6.07 Å². The molecular formula is C30H36N4O7. The van der Waals surface area contributed by atoms with E-state index in [4.69, 9.17) is 9.47 Å². The summed E-state index contributed by atoms with van der Waals surface area (Å²) in [7, 11) is 0. The lowest BCUT2D eigenvalue weighted by Gasteiger charge is -2.28. The number of rotatable bonds is 10. The molecule has 41 heavy (non-hydrogen) atoms. The summed E-state index contributed by atoms with van der Waals surface area (Å²) < 4.78 is 10.7. The van der Waals surface area contributed by atoms with Gasteiger partial charge in [-0.1, -0.05) is 30.3 Å². The molecule has 0 unspecified atom stereocenters. The zero-order chi connectivity index (χ0) is 29.6. The molecule has 4 amide bonds. The molecule has 11 heteroatoms. The van der Waals surface area contributed by atoms with Crippen LogP contribution in [0.3, 0.4) is 0 Å². The summed E-state index contributed by atoms with van der Waals surface area (Å²) in [4.78, 5) is 65.5. The second-order valence-electron chi connectivity index (χ2n) is 11.3. The summed E-state index contributed by atoms with van der Waals surface area (Å²) in [5.41, 5.74) is 0.354. The van der Waals surface area contributed by atoms with Gasteiger partial charge in [0.1, 0.15) is 6.04 Å². The molecule has 2 aromatic rings. The van der Waals surface area contributed by atoms with Crippen molar-refractivity contribution in [3.05, 3.63) is 59.7 Å². The van der Waals surface area contributed by atoms with Crippen molar-refractivity contribution in [3.8, 4) is 11.5 Å². The zero-order valence-electron chi connectivity index (χ0n) is 23.5. The van der Waals surface area contributed by atoms with Crippen molar-refractivity contribution in [2.45, 2.75) is 64.1 Å². The molecule has 218 valence electrons. The molecule has 3 atom stereocenters. The summed E-state index contributed by atoms with van der Waals surface area (Å²) in [6.07, 6.45) is 1.34. The van der Waals surface area contributed by atoms with E-state index in [0.717, 1.165) is 12.0 Å². The van der Waals surface area contributed by atoms with E-state index in [1.807, 2.05) is 30.3 Å². The summed E-state index contributed by atoms with van der Waals surface area (Å²) in [6, 6.07) is 11.4. The number of ether oxygens (including phenoxy) is 2. The topological polar surface area (TPSA) is 152 Å². The van der Waals surface area contributed by atoms with Crippen molar-refractivity contribution in [3.63, 3.8) is 0 Å². The van der Waals surface area contributed by atoms with E-state index in [1.54, 1.807) is 32.9 Å². The molecule has 1 saturated heterocycles. The van der Waals surface area contributed by atoms with Crippen LogP contribution in [0.4, 0.5) is 0 Å². The molecule has 0 spiro atoms. The molecule has 2 aliphatic heterocycles. The Morgan fingerprint density at radius 2 is 1.71 bits per heavy atom. The van der Waals surface area contributed by atoms with Crippen molar-refractivity contribution in [2.75, 3.05) is 13.3 Å². The Morgan fingerprint density at radius 3 is 2.41 bits per heavy atom. The number of piperidine rings is 1. The quantitative estimate of drug-likeness (QED) is 0.320. The first-order valence-corrected chi connectivity index (χ1v) is 13.7. The largest absolute Gasteiger partial charge is 0.454 e. The molecule has 2 heterocycles. The summed E-state index contributed by atoms with van der Waals surface area (Å²) in [5, 5.41) is 10.8. The first-order valence-electron chi connectivity index (χ1n) is 13.7. The highest BCUT2D eigenvalue weighted by molar-refractivity contribution is 6.38. The first kappa shape index (κ1) is 29.6. The Morgan fingerprint density at radius 1 is 0.976 bits per heavy atom.